The molecule has 1 heteroatoms. The van der Waals surface area contributed by atoms with E-state index in [1.54, 1.807) is 0 Å². The van der Waals surface area contributed by atoms with Crippen molar-refractivity contribution in [3.05, 3.63) is 27.6 Å². The molecular formula is C9H12Se. The fraction of sp³-hybridized carbons (Fsp3) is 0.333. The second kappa shape index (κ2) is 4.54. The first kappa shape index (κ1) is 7.84. The Labute approximate surface area is 68.3 Å². The van der Waals surface area contributed by atoms with Crippen molar-refractivity contribution in [1.29, 1.82) is 0 Å². The van der Waals surface area contributed by atoms with E-state index < -0.39 is 0 Å². The minimum absolute atomic E-state index is 0.629. The molecule has 54 valence electrons. The SMILES string of the molecule is CCCC=Cc1ccc[se]1. The Morgan fingerprint density at radius 2 is 2.50 bits per heavy atom. The van der Waals surface area contributed by atoms with Gasteiger partial charge in [-0.3, -0.25) is 0 Å². The number of unbranched alkanes of at least 4 members (excludes halogenated alkanes) is 1. The zero-order chi connectivity index (χ0) is 7.23. The van der Waals surface area contributed by atoms with Gasteiger partial charge in [-0.1, -0.05) is 0 Å². The van der Waals surface area contributed by atoms with Crippen molar-refractivity contribution in [1.82, 2.24) is 0 Å². The molecule has 0 bridgehead atoms. The third-order valence-electron chi connectivity index (χ3n) is 1.28. The van der Waals surface area contributed by atoms with Crippen LogP contribution in [-0.4, -0.2) is 14.5 Å². The van der Waals surface area contributed by atoms with Gasteiger partial charge in [-0.15, -0.1) is 0 Å². The molecule has 1 heterocycles. The van der Waals surface area contributed by atoms with Gasteiger partial charge in [-0.2, -0.15) is 0 Å². The van der Waals surface area contributed by atoms with Gasteiger partial charge in [-0.25, -0.2) is 0 Å². The quantitative estimate of drug-likeness (QED) is 0.656. The summed E-state index contributed by atoms with van der Waals surface area (Å²) in [6, 6.07) is 4.35. The van der Waals surface area contributed by atoms with E-state index in [9.17, 15) is 0 Å². The maximum absolute atomic E-state index is 2.26. The first-order valence-electron chi connectivity index (χ1n) is 3.63. The van der Waals surface area contributed by atoms with Crippen molar-refractivity contribution in [2.24, 2.45) is 0 Å². The van der Waals surface area contributed by atoms with Gasteiger partial charge in [0, 0.05) is 0 Å². The van der Waals surface area contributed by atoms with Crippen LogP contribution in [0.3, 0.4) is 0 Å². The van der Waals surface area contributed by atoms with E-state index in [0.29, 0.717) is 14.5 Å². The van der Waals surface area contributed by atoms with Crippen LogP contribution >= 0.6 is 0 Å². The molecule has 1 aromatic heterocycles. The van der Waals surface area contributed by atoms with Crippen LogP contribution in [0.5, 0.6) is 0 Å². The minimum atomic E-state index is 0.629. The molecule has 0 aliphatic rings. The van der Waals surface area contributed by atoms with E-state index in [-0.39, 0.29) is 0 Å². The Morgan fingerprint density at radius 3 is 3.10 bits per heavy atom. The molecule has 0 saturated carbocycles. The summed E-state index contributed by atoms with van der Waals surface area (Å²) in [6.07, 6.45) is 6.99. The van der Waals surface area contributed by atoms with Crippen molar-refractivity contribution in [3.63, 3.8) is 0 Å². The molecule has 10 heavy (non-hydrogen) atoms. The monoisotopic (exact) mass is 200 g/mol. The van der Waals surface area contributed by atoms with Crippen LogP contribution in [-0.2, 0) is 0 Å². The number of hydrogen-bond donors (Lipinski definition) is 0. The van der Waals surface area contributed by atoms with Gasteiger partial charge in [-0.05, 0) is 0 Å². The van der Waals surface area contributed by atoms with E-state index >= 15 is 0 Å². The first-order valence-corrected chi connectivity index (χ1v) is 5.48. The summed E-state index contributed by atoms with van der Waals surface area (Å²) >= 11 is 0.629. The molecule has 1 aromatic rings. The Hall–Kier alpha value is -0.261. The average Bonchev–Trinajstić information content (AvgIpc) is 2.41. The standard InChI is InChI=1S/C9H12Se/c1-2-3-4-6-9-7-5-8-10-9/h4-8H,2-3H2,1H3. The topological polar surface area (TPSA) is 0 Å². The van der Waals surface area contributed by atoms with Gasteiger partial charge in [0.2, 0.25) is 0 Å². The fourth-order valence-corrected chi connectivity index (χ4v) is 2.11. The second-order valence-electron chi connectivity index (χ2n) is 2.21. The molecule has 0 saturated heterocycles. The molecule has 0 nitrogen and oxygen atoms in total. The van der Waals surface area contributed by atoms with Gasteiger partial charge in [0.05, 0.1) is 0 Å². The molecule has 0 spiro atoms. The third-order valence-corrected chi connectivity index (χ3v) is 3.04. The van der Waals surface area contributed by atoms with Crippen molar-refractivity contribution < 1.29 is 0 Å². The molecule has 0 atom stereocenters. The van der Waals surface area contributed by atoms with E-state index in [1.807, 2.05) is 0 Å². The Kier molecular flexibility index (Phi) is 3.56. The molecule has 0 N–H and O–H groups in total. The summed E-state index contributed by atoms with van der Waals surface area (Å²) in [5, 5.41) is 0. The summed E-state index contributed by atoms with van der Waals surface area (Å²) in [4.78, 5) is 2.25. The second-order valence-corrected chi connectivity index (χ2v) is 4.26. The summed E-state index contributed by atoms with van der Waals surface area (Å²) in [6.45, 7) is 2.21. The van der Waals surface area contributed by atoms with Crippen LogP contribution < -0.4 is 0 Å². The van der Waals surface area contributed by atoms with Crippen LogP contribution in [0.1, 0.15) is 24.2 Å². The van der Waals surface area contributed by atoms with Crippen LogP contribution in [0.25, 0.3) is 6.08 Å². The van der Waals surface area contributed by atoms with Gasteiger partial charge in [0.15, 0.2) is 0 Å². The van der Waals surface area contributed by atoms with Crippen LogP contribution in [0, 0.1) is 0 Å². The number of allylic oxidation sites excluding steroid dienone is 1. The molecule has 0 amide bonds. The summed E-state index contributed by atoms with van der Waals surface area (Å²) in [5.74, 6) is 0. The molecule has 0 radical (unpaired) electrons. The number of hydrogen-bond acceptors (Lipinski definition) is 0. The zero-order valence-electron chi connectivity index (χ0n) is 6.21. The van der Waals surface area contributed by atoms with Crippen molar-refractivity contribution in [3.8, 4) is 0 Å². The van der Waals surface area contributed by atoms with Gasteiger partial charge in [0.25, 0.3) is 0 Å². The normalized spacial score (nSPS) is 10.9. The third kappa shape index (κ3) is 2.55. The molecule has 0 fully saturated rings. The Morgan fingerprint density at radius 1 is 1.60 bits per heavy atom. The van der Waals surface area contributed by atoms with Gasteiger partial charge < -0.3 is 0 Å². The fourth-order valence-electron chi connectivity index (χ4n) is 0.752. The zero-order valence-corrected chi connectivity index (χ0v) is 7.92. The first-order chi connectivity index (χ1) is 4.93. The van der Waals surface area contributed by atoms with Crippen LogP contribution in [0.4, 0.5) is 0 Å². The summed E-state index contributed by atoms with van der Waals surface area (Å²) in [5.41, 5.74) is 0. The van der Waals surface area contributed by atoms with E-state index in [0.717, 1.165) is 0 Å². The molecule has 0 aromatic carbocycles. The average molecular weight is 199 g/mol. The van der Waals surface area contributed by atoms with E-state index in [1.165, 1.54) is 17.3 Å². The Bertz CT molecular complexity index is 185. The maximum atomic E-state index is 2.26. The van der Waals surface area contributed by atoms with E-state index in [2.05, 4.69) is 36.1 Å². The molecule has 1 rings (SSSR count). The van der Waals surface area contributed by atoms with Crippen molar-refractivity contribution in [2.75, 3.05) is 0 Å². The molecule has 0 aliphatic carbocycles. The predicted octanol–water partition coefficient (Wildman–Crippen LogP) is 2.56. The molecule has 0 aliphatic heterocycles. The Balaban J connectivity index is 2.40. The van der Waals surface area contributed by atoms with Crippen LogP contribution in [0.2, 0.25) is 0 Å². The molecular weight excluding hydrogens is 187 g/mol. The van der Waals surface area contributed by atoms with Gasteiger partial charge >= 0.3 is 67.9 Å². The summed E-state index contributed by atoms with van der Waals surface area (Å²) < 4.78 is 1.50. The van der Waals surface area contributed by atoms with Crippen molar-refractivity contribution in [2.45, 2.75) is 19.8 Å². The predicted molar refractivity (Wildman–Crippen MR) is 47.3 cm³/mol. The van der Waals surface area contributed by atoms with Gasteiger partial charge in [0.1, 0.15) is 0 Å². The number of rotatable bonds is 3. The van der Waals surface area contributed by atoms with Crippen molar-refractivity contribution >= 4 is 20.6 Å². The summed E-state index contributed by atoms with van der Waals surface area (Å²) in [7, 11) is 0. The van der Waals surface area contributed by atoms with E-state index in [4.69, 9.17) is 0 Å². The van der Waals surface area contributed by atoms with Crippen LogP contribution in [0.15, 0.2) is 23.1 Å². The molecule has 0 unspecified atom stereocenters.